The van der Waals surface area contributed by atoms with Crippen LogP contribution in [0.3, 0.4) is 0 Å². The van der Waals surface area contributed by atoms with E-state index in [1.54, 1.807) is 11.3 Å². The second-order valence-corrected chi connectivity index (χ2v) is 8.28. The van der Waals surface area contributed by atoms with Crippen molar-refractivity contribution in [1.82, 2.24) is 4.98 Å². The first-order chi connectivity index (χ1) is 10.0. The molecule has 4 heteroatoms. The standard InChI is InChI=1S/C17H18N2OS/c1-8-10-6-17(10)7-16(8,2)12-9(14(17)20)4-5-11-13(12)21-15(18-3)19-11/h4-5,8,10H,6-7H2,1-3H3,(H,18,19)/t8-,10-,16-,17+/m0/s1. The lowest BCUT2D eigenvalue weighted by Gasteiger charge is -2.38. The molecule has 0 unspecified atom stereocenters. The van der Waals surface area contributed by atoms with Gasteiger partial charge in [-0.05, 0) is 47.8 Å². The molecule has 3 aliphatic rings. The number of rotatable bonds is 1. The lowest BCUT2D eigenvalue weighted by Crippen LogP contribution is -2.36. The number of nitrogens with one attached hydrogen (secondary N) is 1. The summed E-state index contributed by atoms with van der Waals surface area (Å²) in [5, 5.41) is 4.08. The van der Waals surface area contributed by atoms with E-state index in [0.717, 1.165) is 29.1 Å². The third kappa shape index (κ3) is 1.15. The summed E-state index contributed by atoms with van der Waals surface area (Å²) >= 11 is 1.69. The number of ketones is 1. The Labute approximate surface area is 127 Å². The van der Waals surface area contributed by atoms with Crippen molar-refractivity contribution in [3.63, 3.8) is 0 Å². The van der Waals surface area contributed by atoms with Gasteiger partial charge in [0.05, 0.1) is 10.2 Å². The van der Waals surface area contributed by atoms with Crippen molar-refractivity contribution in [2.45, 2.75) is 32.1 Å². The first-order valence-corrected chi connectivity index (χ1v) is 8.49. The molecule has 2 saturated carbocycles. The van der Waals surface area contributed by atoms with Crippen LogP contribution in [0, 0.1) is 17.3 Å². The SMILES string of the molecule is CNc1nc2ccc3c(c2s1)[C@@]1(C)C[C@@]2(C[C@H]2[C@@H]1C)C3=O. The largest absolute Gasteiger partial charge is 0.365 e. The van der Waals surface area contributed by atoms with Crippen molar-refractivity contribution < 1.29 is 4.79 Å². The van der Waals surface area contributed by atoms with Gasteiger partial charge in [-0.1, -0.05) is 25.2 Å². The van der Waals surface area contributed by atoms with Crippen LogP contribution in [-0.2, 0) is 5.41 Å². The highest BCUT2D eigenvalue weighted by atomic mass is 32.1. The summed E-state index contributed by atoms with van der Waals surface area (Å²) < 4.78 is 1.22. The van der Waals surface area contributed by atoms with Gasteiger partial charge in [0.25, 0.3) is 0 Å². The molecule has 0 radical (unpaired) electrons. The van der Waals surface area contributed by atoms with E-state index in [9.17, 15) is 4.79 Å². The van der Waals surface area contributed by atoms with E-state index < -0.39 is 0 Å². The van der Waals surface area contributed by atoms with Crippen molar-refractivity contribution in [2.24, 2.45) is 17.3 Å². The highest BCUT2D eigenvalue weighted by molar-refractivity contribution is 7.22. The predicted octanol–water partition coefficient (Wildman–Crippen LogP) is 3.84. The Hall–Kier alpha value is -1.42. The maximum Gasteiger partial charge on any atom is 0.183 e. The van der Waals surface area contributed by atoms with Crippen LogP contribution in [0.1, 0.15) is 42.6 Å². The Balaban J connectivity index is 1.88. The molecule has 0 amide bonds. The smallest absolute Gasteiger partial charge is 0.183 e. The van der Waals surface area contributed by atoms with E-state index in [-0.39, 0.29) is 10.8 Å². The zero-order valence-corrected chi connectivity index (χ0v) is 13.3. The van der Waals surface area contributed by atoms with Crippen LogP contribution < -0.4 is 5.32 Å². The molecule has 1 aromatic heterocycles. The molecule has 2 fully saturated rings. The molecule has 2 aromatic rings. The first kappa shape index (κ1) is 12.2. The summed E-state index contributed by atoms with van der Waals surface area (Å²) in [6, 6.07) is 4.06. The van der Waals surface area contributed by atoms with Crippen LogP contribution in [0.15, 0.2) is 12.1 Å². The quantitative estimate of drug-likeness (QED) is 0.870. The molecular formula is C17H18N2OS. The summed E-state index contributed by atoms with van der Waals surface area (Å²) in [4.78, 5) is 17.6. The van der Waals surface area contributed by atoms with Gasteiger partial charge >= 0.3 is 0 Å². The molecule has 5 rings (SSSR count). The minimum absolute atomic E-state index is 0.00856. The Morgan fingerprint density at radius 1 is 1.43 bits per heavy atom. The third-order valence-electron chi connectivity index (χ3n) is 6.46. The van der Waals surface area contributed by atoms with E-state index in [1.807, 2.05) is 19.2 Å². The zero-order chi connectivity index (χ0) is 14.6. The molecular weight excluding hydrogens is 280 g/mol. The van der Waals surface area contributed by atoms with Crippen LogP contribution >= 0.6 is 11.3 Å². The molecule has 3 aliphatic carbocycles. The van der Waals surface area contributed by atoms with Crippen LogP contribution in [0.4, 0.5) is 5.13 Å². The van der Waals surface area contributed by atoms with Crippen molar-refractivity contribution in [1.29, 1.82) is 0 Å². The van der Waals surface area contributed by atoms with Crippen LogP contribution in [0.2, 0.25) is 0 Å². The van der Waals surface area contributed by atoms with Gasteiger partial charge in [-0.2, -0.15) is 0 Å². The molecule has 4 atom stereocenters. The monoisotopic (exact) mass is 298 g/mol. The van der Waals surface area contributed by atoms with Gasteiger partial charge in [0.2, 0.25) is 0 Å². The van der Waals surface area contributed by atoms with Crippen LogP contribution in [0.5, 0.6) is 0 Å². The number of fused-ring (bicyclic) bond motifs is 5. The van der Waals surface area contributed by atoms with Crippen molar-refractivity contribution in [2.75, 3.05) is 12.4 Å². The number of benzene rings is 1. The third-order valence-corrected chi connectivity index (χ3v) is 7.57. The molecule has 1 aromatic carbocycles. The summed E-state index contributed by atoms with van der Waals surface area (Å²) in [6.07, 6.45) is 2.16. The number of hydrogen-bond acceptors (Lipinski definition) is 4. The number of carbonyl (C=O) groups excluding carboxylic acids is 1. The molecule has 0 saturated heterocycles. The Kier molecular flexibility index (Phi) is 1.92. The Morgan fingerprint density at radius 2 is 2.24 bits per heavy atom. The molecule has 2 bridgehead atoms. The fourth-order valence-corrected chi connectivity index (χ4v) is 6.34. The topological polar surface area (TPSA) is 42.0 Å². The predicted molar refractivity (Wildman–Crippen MR) is 85.2 cm³/mol. The summed E-state index contributed by atoms with van der Waals surface area (Å²) in [6.45, 7) is 4.72. The Morgan fingerprint density at radius 3 is 3.00 bits per heavy atom. The van der Waals surface area contributed by atoms with Gasteiger partial charge in [0, 0.05) is 18.0 Å². The molecule has 21 heavy (non-hydrogen) atoms. The van der Waals surface area contributed by atoms with Gasteiger partial charge in [-0.15, -0.1) is 0 Å². The fraction of sp³-hybridized carbons (Fsp3) is 0.529. The van der Waals surface area contributed by atoms with Gasteiger partial charge < -0.3 is 5.32 Å². The zero-order valence-electron chi connectivity index (χ0n) is 12.5. The highest BCUT2D eigenvalue weighted by Gasteiger charge is 2.74. The maximum absolute atomic E-state index is 13.0. The first-order valence-electron chi connectivity index (χ1n) is 7.68. The van der Waals surface area contributed by atoms with Crippen LogP contribution in [0.25, 0.3) is 10.2 Å². The van der Waals surface area contributed by atoms with E-state index >= 15 is 0 Å². The van der Waals surface area contributed by atoms with E-state index in [0.29, 0.717) is 17.6 Å². The molecule has 3 nitrogen and oxygen atoms in total. The van der Waals surface area contributed by atoms with Crippen molar-refractivity contribution in [3.05, 3.63) is 23.3 Å². The summed E-state index contributed by atoms with van der Waals surface area (Å²) in [5.41, 5.74) is 3.43. The number of aromatic nitrogens is 1. The average Bonchev–Trinajstić information content (AvgIpc) is 2.94. The minimum Gasteiger partial charge on any atom is -0.365 e. The molecule has 1 heterocycles. The lowest BCUT2D eigenvalue weighted by atomic mass is 9.65. The second-order valence-electron chi connectivity index (χ2n) is 7.28. The number of hydrogen-bond donors (Lipinski definition) is 1. The van der Waals surface area contributed by atoms with Gasteiger partial charge in [-0.25, -0.2) is 4.98 Å². The number of anilines is 1. The maximum atomic E-state index is 13.0. The normalized spacial score (nSPS) is 39.3. The van der Waals surface area contributed by atoms with Gasteiger partial charge in [-0.3, -0.25) is 4.79 Å². The molecule has 1 spiro atoms. The summed E-state index contributed by atoms with van der Waals surface area (Å²) in [7, 11) is 1.90. The fourth-order valence-electron chi connectivity index (χ4n) is 5.23. The second kappa shape index (κ2) is 3.32. The van der Waals surface area contributed by atoms with Gasteiger partial charge in [0.15, 0.2) is 10.9 Å². The van der Waals surface area contributed by atoms with Gasteiger partial charge in [0.1, 0.15) is 0 Å². The molecule has 0 aliphatic heterocycles. The van der Waals surface area contributed by atoms with E-state index in [4.69, 9.17) is 0 Å². The minimum atomic E-state index is -0.00856. The number of thiazole rings is 1. The number of nitrogens with zero attached hydrogens (tertiary/aromatic N) is 1. The Bertz CT molecular complexity index is 826. The van der Waals surface area contributed by atoms with Crippen molar-refractivity contribution in [3.8, 4) is 0 Å². The average molecular weight is 298 g/mol. The lowest BCUT2D eigenvalue weighted by molar-refractivity contribution is 0.0867. The van der Waals surface area contributed by atoms with E-state index in [1.165, 1.54) is 10.3 Å². The number of Topliss-reactive ketones (excluding diaryl/α,β-unsaturated/α-hetero) is 1. The van der Waals surface area contributed by atoms with Crippen LogP contribution in [-0.4, -0.2) is 17.8 Å². The number of carbonyl (C=O) groups is 1. The van der Waals surface area contributed by atoms with Crippen molar-refractivity contribution >= 4 is 32.5 Å². The molecule has 108 valence electrons. The summed E-state index contributed by atoms with van der Waals surface area (Å²) in [5.74, 6) is 1.60. The molecule has 1 N–H and O–H groups in total. The highest BCUT2D eigenvalue weighted by Crippen LogP contribution is 2.76. The van der Waals surface area contributed by atoms with E-state index in [2.05, 4.69) is 24.1 Å².